The van der Waals surface area contributed by atoms with Crippen LogP contribution in [0.2, 0.25) is 0 Å². The summed E-state index contributed by atoms with van der Waals surface area (Å²) in [7, 11) is -0.680. The fraction of sp³-hybridized carbons (Fsp3) is 0.333. The Hall–Kier alpha value is -2.91. The summed E-state index contributed by atoms with van der Waals surface area (Å²) < 4.78 is 32.6. The van der Waals surface area contributed by atoms with Crippen molar-refractivity contribution in [3.63, 3.8) is 0 Å². The normalized spacial score (nSPS) is 14.4. The van der Waals surface area contributed by atoms with E-state index < -0.39 is 15.9 Å². The molecule has 0 atom stereocenters. The van der Waals surface area contributed by atoms with Gasteiger partial charge >= 0.3 is 0 Å². The predicted octanol–water partition coefficient (Wildman–Crippen LogP) is 2.71. The lowest BCUT2D eigenvalue weighted by molar-refractivity contribution is -0.116. The fourth-order valence-corrected chi connectivity index (χ4v) is 4.94. The number of hydrogen-bond donors (Lipinski definition) is 1. The smallest absolute Gasteiger partial charge is 0.255 e. The molecule has 0 unspecified atom stereocenters. The number of nitrogens with one attached hydrogen (secondary N) is 1. The lowest BCUT2D eigenvalue weighted by atomic mass is 10.2. The van der Waals surface area contributed by atoms with Crippen molar-refractivity contribution in [2.45, 2.75) is 24.7 Å². The van der Waals surface area contributed by atoms with Crippen molar-refractivity contribution in [2.75, 3.05) is 37.5 Å². The van der Waals surface area contributed by atoms with Gasteiger partial charge in [-0.05, 0) is 55.3 Å². The first-order valence-electron chi connectivity index (χ1n) is 9.58. The van der Waals surface area contributed by atoms with E-state index in [1.807, 2.05) is 0 Å². The maximum absolute atomic E-state index is 13.0. The molecule has 3 rings (SSSR count). The van der Waals surface area contributed by atoms with Crippen molar-refractivity contribution in [1.29, 1.82) is 0 Å². The molecule has 1 aliphatic heterocycles. The summed E-state index contributed by atoms with van der Waals surface area (Å²) in [5.41, 5.74) is 1.43. The summed E-state index contributed by atoms with van der Waals surface area (Å²) in [5, 5.41) is 2.75. The van der Waals surface area contributed by atoms with Crippen molar-refractivity contribution < 1.29 is 22.7 Å². The van der Waals surface area contributed by atoms with Gasteiger partial charge in [-0.3, -0.25) is 9.59 Å². The third-order valence-corrected chi connectivity index (χ3v) is 7.01. The lowest BCUT2D eigenvalue weighted by Gasteiger charge is -2.18. The molecule has 160 valence electrons. The third kappa shape index (κ3) is 4.47. The molecule has 1 heterocycles. The van der Waals surface area contributed by atoms with Crippen LogP contribution in [0, 0.1) is 0 Å². The number of hydrogen-bond acceptors (Lipinski definition) is 5. The minimum absolute atomic E-state index is 0.0158. The van der Waals surface area contributed by atoms with Crippen LogP contribution in [-0.4, -0.2) is 51.8 Å². The highest BCUT2D eigenvalue weighted by Gasteiger charge is 2.30. The highest BCUT2D eigenvalue weighted by Crippen LogP contribution is 2.30. The molecule has 0 aliphatic carbocycles. The number of rotatable bonds is 6. The molecular weight excluding hydrogens is 406 g/mol. The summed E-state index contributed by atoms with van der Waals surface area (Å²) in [6, 6.07) is 11.1. The van der Waals surface area contributed by atoms with Crippen LogP contribution in [0.4, 0.5) is 11.4 Å². The molecular formula is C21H25N3O5S. The van der Waals surface area contributed by atoms with E-state index in [1.54, 1.807) is 31.3 Å². The lowest BCUT2D eigenvalue weighted by Crippen LogP contribution is -2.28. The number of benzene rings is 2. The Labute approximate surface area is 176 Å². The second-order valence-corrected chi connectivity index (χ2v) is 8.96. The maximum atomic E-state index is 13.0. The summed E-state index contributed by atoms with van der Waals surface area (Å²) in [5.74, 6) is -0.338. The standard InChI is InChI=1S/C21H25N3O5S/c1-15(25)23(2)18-9-7-17(8-10-18)22-21(26)16-6-11-19(29-3)20(14-16)30(27,28)24-12-4-5-13-24/h6-11,14H,4-5,12-13H2,1-3H3,(H,22,26). The summed E-state index contributed by atoms with van der Waals surface area (Å²) in [4.78, 5) is 25.6. The van der Waals surface area contributed by atoms with Crippen molar-refractivity contribution in [3.05, 3.63) is 48.0 Å². The van der Waals surface area contributed by atoms with Crippen molar-refractivity contribution >= 4 is 33.2 Å². The van der Waals surface area contributed by atoms with E-state index in [1.165, 1.54) is 41.4 Å². The van der Waals surface area contributed by atoms with Gasteiger partial charge in [-0.1, -0.05) is 0 Å². The van der Waals surface area contributed by atoms with E-state index in [2.05, 4.69) is 5.32 Å². The van der Waals surface area contributed by atoms with Gasteiger partial charge < -0.3 is 15.0 Å². The average Bonchev–Trinajstić information content (AvgIpc) is 3.29. The van der Waals surface area contributed by atoms with Crippen LogP contribution in [-0.2, 0) is 14.8 Å². The quantitative estimate of drug-likeness (QED) is 0.759. The van der Waals surface area contributed by atoms with E-state index >= 15 is 0 Å². The second kappa shape index (κ2) is 8.85. The number of carbonyl (C=O) groups excluding carboxylic acids is 2. The zero-order chi connectivity index (χ0) is 21.9. The van der Waals surface area contributed by atoms with Gasteiger partial charge in [0.25, 0.3) is 5.91 Å². The molecule has 0 spiro atoms. The Bertz CT molecular complexity index is 1040. The summed E-state index contributed by atoms with van der Waals surface area (Å²) in [6.07, 6.45) is 1.63. The minimum Gasteiger partial charge on any atom is -0.495 e. The van der Waals surface area contributed by atoms with Gasteiger partial charge in [-0.15, -0.1) is 0 Å². The maximum Gasteiger partial charge on any atom is 0.255 e. The van der Waals surface area contributed by atoms with Gasteiger partial charge in [0.05, 0.1) is 7.11 Å². The number of anilines is 2. The van der Waals surface area contributed by atoms with Crippen LogP contribution < -0.4 is 15.0 Å². The number of sulfonamides is 1. The van der Waals surface area contributed by atoms with Crippen LogP contribution in [0.15, 0.2) is 47.4 Å². The van der Waals surface area contributed by atoms with Gasteiger partial charge in [0.15, 0.2) is 0 Å². The first kappa shape index (κ1) is 21.8. The van der Waals surface area contributed by atoms with Crippen LogP contribution in [0.25, 0.3) is 0 Å². The molecule has 30 heavy (non-hydrogen) atoms. The molecule has 1 aliphatic rings. The molecule has 1 fully saturated rings. The Morgan fingerprint density at radius 3 is 2.27 bits per heavy atom. The van der Waals surface area contributed by atoms with Crippen LogP contribution in [0.1, 0.15) is 30.1 Å². The van der Waals surface area contributed by atoms with Gasteiger partial charge in [0.1, 0.15) is 10.6 Å². The van der Waals surface area contributed by atoms with E-state index in [9.17, 15) is 18.0 Å². The molecule has 0 bridgehead atoms. The molecule has 8 nitrogen and oxygen atoms in total. The second-order valence-electron chi connectivity index (χ2n) is 7.06. The van der Waals surface area contributed by atoms with E-state index in [4.69, 9.17) is 4.74 Å². The van der Waals surface area contributed by atoms with Gasteiger partial charge in [-0.25, -0.2) is 8.42 Å². The zero-order valence-electron chi connectivity index (χ0n) is 17.2. The topological polar surface area (TPSA) is 96.0 Å². The Morgan fingerprint density at radius 2 is 1.70 bits per heavy atom. The number of methoxy groups -OCH3 is 1. The molecule has 9 heteroatoms. The molecule has 2 aromatic rings. The van der Waals surface area contributed by atoms with Crippen molar-refractivity contribution in [3.8, 4) is 5.75 Å². The summed E-state index contributed by atoms with van der Waals surface area (Å²) >= 11 is 0. The Morgan fingerprint density at radius 1 is 1.07 bits per heavy atom. The van der Waals surface area contributed by atoms with Crippen molar-refractivity contribution in [1.82, 2.24) is 4.31 Å². The van der Waals surface area contributed by atoms with E-state index in [0.29, 0.717) is 24.5 Å². The van der Waals surface area contributed by atoms with Crippen LogP contribution in [0.5, 0.6) is 5.75 Å². The largest absolute Gasteiger partial charge is 0.495 e. The molecule has 1 N–H and O–H groups in total. The number of ether oxygens (including phenoxy) is 1. The Kier molecular flexibility index (Phi) is 6.42. The number of amides is 2. The van der Waals surface area contributed by atoms with Gasteiger partial charge in [-0.2, -0.15) is 4.31 Å². The first-order valence-corrected chi connectivity index (χ1v) is 11.0. The highest BCUT2D eigenvalue weighted by atomic mass is 32.2. The Balaban J connectivity index is 1.83. The SMILES string of the molecule is COc1ccc(C(=O)Nc2ccc(N(C)C(C)=O)cc2)cc1S(=O)(=O)N1CCCC1. The monoisotopic (exact) mass is 431 g/mol. The highest BCUT2D eigenvalue weighted by molar-refractivity contribution is 7.89. The van der Waals surface area contributed by atoms with E-state index in [0.717, 1.165) is 12.8 Å². The zero-order valence-corrected chi connectivity index (χ0v) is 18.0. The molecule has 2 aromatic carbocycles. The minimum atomic E-state index is -3.74. The van der Waals surface area contributed by atoms with Crippen LogP contribution >= 0.6 is 0 Å². The number of carbonyl (C=O) groups is 2. The number of nitrogens with zero attached hydrogens (tertiary/aromatic N) is 2. The average molecular weight is 432 g/mol. The van der Waals surface area contributed by atoms with Gasteiger partial charge in [0, 0.05) is 44.0 Å². The third-order valence-electron chi connectivity index (χ3n) is 5.09. The molecule has 0 saturated carbocycles. The van der Waals surface area contributed by atoms with Crippen molar-refractivity contribution in [2.24, 2.45) is 0 Å². The fourth-order valence-electron chi connectivity index (χ4n) is 3.24. The van der Waals surface area contributed by atoms with E-state index in [-0.39, 0.29) is 22.1 Å². The summed E-state index contributed by atoms with van der Waals surface area (Å²) in [6.45, 7) is 2.39. The molecule has 0 aromatic heterocycles. The predicted molar refractivity (Wildman–Crippen MR) is 114 cm³/mol. The molecule has 0 radical (unpaired) electrons. The molecule has 1 saturated heterocycles. The first-order chi connectivity index (χ1) is 14.2. The van der Waals surface area contributed by atoms with Crippen LogP contribution in [0.3, 0.4) is 0 Å². The molecule has 2 amide bonds. The van der Waals surface area contributed by atoms with Gasteiger partial charge in [0.2, 0.25) is 15.9 Å².